The number of aromatic nitrogens is 2. The predicted molar refractivity (Wildman–Crippen MR) is 99.5 cm³/mol. The molecule has 0 amide bonds. The Balaban J connectivity index is 1.54. The minimum atomic E-state index is -0.368. The van der Waals surface area contributed by atoms with E-state index in [2.05, 4.69) is 10.3 Å². The number of rotatable bonds is 5. The molecule has 0 aliphatic heterocycles. The first kappa shape index (κ1) is 16.0. The number of pyridine rings is 1. The molecule has 0 atom stereocenters. The maximum Gasteiger partial charge on any atom is 0.419 e. The van der Waals surface area contributed by atoms with Crippen molar-refractivity contribution in [2.75, 3.05) is 5.32 Å². The number of anilines is 1. The van der Waals surface area contributed by atoms with Gasteiger partial charge in [-0.05, 0) is 30.3 Å². The van der Waals surface area contributed by atoms with Crippen molar-refractivity contribution in [1.82, 2.24) is 9.55 Å². The Kier molecular flexibility index (Phi) is 4.15. The molecule has 26 heavy (non-hydrogen) atoms. The maximum atomic E-state index is 11.6. The number of ether oxygens (including phenoxy) is 1. The average Bonchev–Trinajstić information content (AvgIpc) is 2.95. The van der Waals surface area contributed by atoms with Crippen LogP contribution in [-0.4, -0.2) is 9.55 Å². The van der Waals surface area contributed by atoms with Gasteiger partial charge in [-0.1, -0.05) is 18.2 Å². The molecule has 4 aromatic rings. The highest BCUT2D eigenvalue weighted by molar-refractivity contribution is 5.77. The molecule has 0 radical (unpaired) electrons. The molecule has 0 unspecified atom stereocenters. The van der Waals surface area contributed by atoms with E-state index in [1.807, 2.05) is 54.6 Å². The third kappa shape index (κ3) is 3.17. The van der Waals surface area contributed by atoms with Gasteiger partial charge in [-0.25, -0.2) is 4.79 Å². The zero-order valence-corrected chi connectivity index (χ0v) is 14.2. The molecule has 2 heterocycles. The van der Waals surface area contributed by atoms with Gasteiger partial charge in [-0.2, -0.15) is 0 Å². The monoisotopic (exact) mass is 347 g/mol. The Morgan fingerprint density at radius 1 is 1.15 bits per heavy atom. The zero-order chi connectivity index (χ0) is 17.9. The van der Waals surface area contributed by atoms with E-state index in [4.69, 9.17) is 9.15 Å². The number of para-hydroxylation sites is 1. The van der Waals surface area contributed by atoms with E-state index >= 15 is 0 Å². The molecule has 1 N–H and O–H groups in total. The molecule has 0 fully saturated rings. The average molecular weight is 347 g/mol. The Hall–Kier alpha value is -3.54. The summed E-state index contributed by atoms with van der Waals surface area (Å²) >= 11 is 0. The second kappa shape index (κ2) is 6.76. The lowest BCUT2D eigenvalue weighted by Gasteiger charge is -2.12. The minimum Gasteiger partial charge on any atom is -0.455 e. The summed E-state index contributed by atoms with van der Waals surface area (Å²) < 4.78 is 12.6. The molecule has 4 rings (SSSR count). The smallest absolute Gasteiger partial charge is 0.419 e. The van der Waals surface area contributed by atoms with E-state index in [1.54, 1.807) is 19.4 Å². The lowest BCUT2D eigenvalue weighted by molar-refractivity contribution is 0.475. The molecule has 6 nitrogen and oxygen atoms in total. The number of hydrogen-bond acceptors (Lipinski definition) is 5. The summed E-state index contributed by atoms with van der Waals surface area (Å²) in [5.41, 5.74) is 3.19. The van der Waals surface area contributed by atoms with E-state index < -0.39 is 0 Å². The highest BCUT2D eigenvalue weighted by Gasteiger charge is 2.08. The number of fused-ring (bicyclic) bond motifs is 1. The molecule has 0 aliphatic rings. The first-order valence-electron chi connectivity index (χ1n) is 8.20. The highest BCUT2D eigenvalue weighted by Crippen LogP contribution is 2.26. The lowest BCUT2D eigenvalue weighted by Crippen LogP contribution is -2.08. The van der Waals surface area contributed by atoms with Crippen molar-refractivity contribution in [3.63, 3.8) is 0 Å². The van der Waals surface area contributed by atoms with Gasteiger partial charge in [0.25, 0.3) is 0 Å². The highest BCUT2D eigenvalue weighted by atomic mass is 16.5. The normalized spacial score (nSPS) is 10.8. The van der Waals surface area contributed by atoms with Gasteiger partial charge in [0.05, 0.1) is 11.7 Å². The summed E-state index contributed by atoms with van der Waals surface area (Å²) in [4.78, 5) is 15.7. The maximum absolute atomic E-state index is 11.6. The first-order chi connectivity index (χ1) is 12.7. The number of oxazole rings is 1. The van der Waals surface area contributed by atoms with Gasteiger partial charge in [0.15, 0.2) is 5.58 Å². The van der Waals surface area contributed by atoms with Crippen LogP contribution in [0.1, 0.15) is 5.56 Å². The molecule has 2 aromatic heterocycles. The molecule has 130 valence electrons. The summed E-state index contributed by atoms with van der Waals surface area (Å²) in [6.45, 7) is 0.568. The molecular weight excluding hydrogens is 330 g/mol. The van der Waals surface area contributed by atoms with Crippen LogP contribution in [0.5, 0.6) is 11.5 Å². The van der Waals surface area contributed by atoms with Crippen LogP contribution in [0.4, 0.5) is 5.69 Å². The zero-order valence-electron chi connectivity index (χ0n) is 14.2. The van der Waals surface area contributed by atoms with Crippen molar-refractivity contribution < 1.29 is 9.15 Å². The van der Waals surface area contributed by atoms with Gasteiger partial charge in [0.2, 0.25) is 0 Å². The largest absolute Gasteiger partial charge is 0.455 e. The SMILES string of the molecule is Cn1c(=O)oc2cc(NCc3ccccc3Oc3cccnc3)ccc21. The number of nitrogens with zero attached hydrogens (tertiary/aromatic N) is 2. The van der Waals surface area contributed by atoms with Gasteiger partial charge in [-0.15, -0.1) is 0 Å². The van der Waals surface area contributed by atoms with E-state index in [9.17, 15) is 4.79 Å². The second-order valence-corrected chi connectivity index (χ2v) is 5.86. The summed E-state index contributed by atoms with van der Waals surface area (Å²) in [7, 11) is 1.69. The number of nitrogens with one attached hydrogen (secondary N) is 1. The van der Waals surface area contributed by atoms with E-state index in [0.29, 0.717) is 17.9 Å². The quantitative estimate of drug-likeness (QED) is 0.592. The van der Waals surface area contributed by atoms with Crippen LogP contribution in [0.15, 0.2) is 76.2 Å². The Labute approximate surface area is 149 Å². The van der Waals surface area contributed by atoms with Crippen molar-refractivity contribution >= 4 is 16.8 Å². The molecule has 0 saturated heterocycles. The lowest BCUT2D eigenvalue weighted by atomic mass is 10.2. The van der Waals surface area contributed by atoms with Crippen molar-refractivity contribution in [1.29, 1.82) is 0 Å². The fourth-order valence-corrected chi connectivity index (χ4v) is 2.72. The number of hydrogen-bond donors (Lipinski definition) is 1. The van der Waals surface area contributed by atoms with Gasteiger partial charge >= 0.3 is 5.76 Å². The molecule has 0 saturated carbocycles. The van der Waals surface area contributed by atoms with Gasteiger partial charge in [-0.3, -0.25) is 9.55 Å². The first-order valence-corrected chi connectivity index (χ1v) is 8.20. The van der Waals surface area contributed by atoms with Crippen LogP contribution < -0.4 is 15.8 Å². The van der Waals surface area contributed by atoms with Crippen LogP contribution >= 0.6 is 0 Å². The van der Waals surface area contributed by atoms with Crippen molar-refractivity contribution in [2.45, 2.75) is 6.54 Å². The molecule has 0 bridgehead atoms. The molecule has 2 aromatic carbocycles. The summed E-state index contributed by atoms with van der Waals surface area (Å²) in [6, 6.07) is 17.1. The standard InChI is InChI=1S/C20H17N3O3/c1-23-17-9-8-15(11-19(17)26-20(23)24)22-12-14-5-2-3-7-18(14)25-16-6-4-10-21-13-16/h2-11,13,22H,12H2,1H3. The Morgan fingerprint density at radius 2 is 2.04 bits per heavy atom. The minimum absolute atomic E-state index is 0.368. The Morgan fingerprint density at radius 3 is 2.88 bits per heavy atom. The van der Waals surface area contributed by atoms with Gasteiger partial charge < -0.3 is 14.5 Å². The van der Waals surface area contributed by atoms with Gasteiger partial charge in [0.1, 0.15) is 11.5 Å². The summed E-state index contributed by atoms with van der Waals surface area (Å²) in [6.07, 6.45) is 3.38. The van der Waals surface area contributed by atoms with Gasteiger partial charge in [0, 0.05) is 37.1 Å². The van der Waals surface area contributed by atoms with E-state index in [-0.39, 0.29) is 5.76 Å². The number of benzene rings is 2. The second-order valence-electron chi connectivity index (χ2n) is 5.86. The Bertz CT molecular complexity index is 1100. The van der Waals surface area contributed by atoms with Crippen molar-refractivity contribution in [3.8, 4) is 11.5 Å². The van der Waals surface area contributed by atoms with E-state index in [0.717, 1.165) is 22.5 Å². The third-order valence-corrected chi connectivity index (χ3v) is 4.11. The molecule has 0 aliphatic carbocycles. The van der Waals surface area contributed by atoms with Crippen LogP contribution in [0.2, 0.25) is 0 Å². The van der Waals surface area contributed by atoms with Crippen LogP contribution in [0, 0.1) is 0 Å². The molecule has 6 heteroatoms. The third-order valence-electron chi connectivity index (χ3n) is 4.11. The predicted octanol–water partition coefficient (Wildman–Crippen LogP) is 3.93. The fourth-order valence-electron chi connectivity index (χ4n) is 2.72. The number of aryl methyl sites for hydroxylation is 1. The summed E-state index contributed by atoms with van der Waals surface area (Å²) in [5.74, 6) is 1.08. The van der Waals surface area contributed by atoms with E-state index in [1.165, 1.54) is 4.57 Å². The van der Waals surface area contributed by atoms with Crippen LogP contribution in [0.25, 0.3) is 11.1 Å². The summed E-state index contributed by atoms with van der Waals surface area (Å²) in [5, 5.41) is 3.34. The topological polar surface area (TPSA) is 69.3 Å². The fraction of sp³-hybridized carbons (Fsp3) is 0.100. The van der Waals surface area contributed by atoms with Crippen molar-refractivity contribution in [2.24, 2.45) is 7.05 Å². The molecule has 0 spiro atoms. The molecular formula is C20H17N3O3. The van der Waals surface area contributed by atoms with Crippen LogP contribution in [-0.2, 0) is 13.6 Å². The van der Waals surface area contributed by atoms with Crippen molar-refractivity contribution in [3.05, 3.63) is 83.1 Å². The van der Waals surface area contributed by atoms with Crippen LogP contribution in [0.3, 0.4) is 0 Å².